The zero-order chi connectivity index (χ0) is 16.6. The highest BCUT2D eigenvalue weighted by Gasteiger charge is 2.17. The monoisotopic (exact) mass is 329 g/mol. The Labute approximate surface area is 136 Å². The standard InChI is InChI=1S/C16H15N3O3S/c1-8-7-11(9-3-5-10(21-2)6-4-9)19-14-12(8)13(17)15(23-14)22-16(18)20/h3-7H,17H2,1-2H3,(H2,18,20). The van der Waals surface area contributed by atoms with Crippen LogP contribution in [0.3, 0.4) is 0 Å². The molecular weight excluding hydrogens is 314 g/mol. The number of aryl methyl sites for hydroxylation is 1. The molecule has 0 unspecified atom stereocenters. The number of nitrogen functional groups attached to an aromatic ring is 1. The lowest BCUT2D eigenvalue weighted by Gasteiger charge is -2.05. The van der Waals surface area contributed by atoms with Crippen LogP contribution in [-0.4, -0.2) is 18.2 Å². The van der Waals surface area contributed by atoms with Crippen molar-refractivity contribution in [1.82, 2.24) is 4.98 Å². The van der Waals surface area contributed by atoms with Crippen molar-refractivity contribution in [3.63, 3.8) is 0 Å². The number of carbonyl (C=O) groups is 1. The van der Waals surface area contributed by atoms with Crippen LogP contribution in [0.5, 0.6) is 10.8 Å². The first-order valence-corrected chi connectivity index (χ1v) is 7.62. The van der Waals surface area contributed by atoms with Crippen LogP contribution >= 0.6 is 11.3 Å². The van der Waals surface area contributed by atoms with E-state index in [9.17, 15) is 4.79 Å². The van der Waals surface area contributed by atoms with Gasteiger partial charge in [-0.05, 0) is 42.8 Å². The van der Waals surface area contributed by atoms with Gasteiger partial charge in [-0.3, -0.25) is 0 Å². The van der Waals surface area contributed by atoms with Crippen LogP contribution in [0.1, 0.15) is 5.56 Å². The van der Waals surface area contributed by atoms with Gasteiger partial charge in [-0.15, -0.1) is 0 Å². The minimum atomic E-state index is -0.892. The Morgan fingerprint density at radius 2 is 1.96 bits per heavy atom. The highest BCUT2D eigenvalue weighted by Crippen LogP contribution is 2.41. The van der Waals surface area contributed by atoms with Crippen molar-refractivity contribution >= 4 is 33.3 Å². The molecule has 2 aromatic heterocycles. The van der Waals surface area contributed by atoms with E-state index in [1.165, 1.54) is 11.3 Å². The molecule has 0 atom stereocenters. The van der Waals surface area contributed by atoms with Gasteiger partial charge >= 0.3 is 6.09 Å². The van der Waals surface area contributed by atoms with Gasteiger partial charge in [0.05, 0.1) is 18.5 Å². The third kappa shape index (κ3) is 2.78. The zero-order valence-corrected chi connectivity index (χ0v) is 13.4. The van der Waals surface area contributed by atoms with Crippen molar-refractivity contribution < 1.29 is 14.3 Å². The number of amides is 1. The number of nitrogens with zero attached hydrogens (tertiary/aromatic N) is 1. The van der Waals surface area contributed by atoms with Crippen LogP contribution in [0.4, 0.5) is 10.5 Å². The van der Waals surface area contributed by atoms with E-state index in [2.05, 4.69) is 4.98 Å². The van der Waals surface area contributed by atoms with Crippen molar-refractivity contribution in [2.45, 2.75) is 6.92 Å². The molecule has 1 amide bonds. The molecule has 23 heavy (non-hydrogen) atoms. The summed E-state index contributed by atoms with van der Waals surface area (Å²) >= 11 is 1.20. The number of pyridine rings is 1. The summed E-state index contributed by atoms with van der Waals surface area (Å²) in [6.45, 7) is 1.94. The molecule has 118 valence electrons. The first kappa shape index (κ1) is 15.1. The number of hydrogen-bond donors (Lipinski definition) is 2. The Bertz CT molecular complexity index is 888. The minimum absolute atomic E-state index is 0.273. The summed E-state index contributed by atoms with van der Waals surface area (Å²) in [6, 6.07) is 9.57. The molecule has 0 bridgehead atoms. The summed E-state index contributed by atoms with van der Waals surface area (Å²) in [5, 5.41) is 1.05. The van der Waals surface area contributed by atoms with Gasteiger partial charge in [0.15, 0.2) is 0 Å². The van der Waals surface area contributed by atoms with Crippen LogP contribution < -0.4 is 20.9 Å². The molecule has 0 saturated carbocycles. The molecule has 3 aromatic rings. The normalized spacial score (nSPS) is 10.7. The predicted octanol–water partition coefficient (Wildman–Crippen LogP) is 3.32. The van der Waals surface area contributed by atoms with E-state index < -0.39 is 6.09 Å². The molecule has 7 heteroatoms. The van der Waals surface area contributed by atoms with Crippen molar-refractivity contribution in [2.75, 3.05) is 12.8 Å². The Morgan fingerprint density at radius 3 is 2.57 bits per heavy atom. The Hall–Kier alpha value is -2.80. The van der Waals surface area contributed by atoms with E-state index in [1.807, 2.05) is 37.3 Å². The lowest BCUT2D eigenvalue weighted by Crippen LogP contribution is -2.16. The van der Waals surface area contributed by atoms with Gasteiger partial charge in [0.25, 0.3) is 0 Å². The lowest BCUT2D eigenvalue weighted by atomic mass is 10.1. The fourth-order valence-corrected chi connectivity index (χ4v) is 3.40. The second-order valence-corrected chi connectivity index (χ2v) is 5.92. The number of fused-ring (bicyclic) bond motifs is 1. The fourth-order valence-electron chi connectivity index (χ4n) is 2.37. The second-order valence-electron chi connectivity index (χ2n) is 4.96. The number of primary amides is 1. The summed E-state index contributed by atoms with van der Waals surface area (Å²) in [5.74, 6) is 0.782. The van der Waals surface area contributed by atoms with Crippen molar-refractivity contribution in [3.8, 4) is 22.1 Å². The molecular formula is C16H15N3O3S. The quantitative estimate of drug-likeness (QED) is 0.767. The molecule has 0 fully saturated rings. The van der Waals surface area contributed by atoms with Crippen LogP contribution in [0.15, 0.2) is 30.3 Å². The first-order chi connectivity index (χ1) is 11.0. The fraction of sp³-hybridized carbons (Fsp3) is 0.125. The Balaban J connectivity index is 2.11. The molecule has 1 aromatic carbocycles. The highest BCUT2D eigenvalue weighted by atomic mass is 32.1. The number of thiophene rings is 1. The van der Waals surface area contributed by atoms with Crippen LogP contribution in [0, 0.1) is 6.92 Å². The number of nitrogens with two attached hydrogens (primary N) is 2. The summed E-state index contributed by atoms with van der Waals surface area (Å²) in [4.78, 5) is 16.3. The summed E-state index contributed by atoms with van der Waals surface area (Å²) in [6.07, 6.45) is -0.892. The van der Waals surface area contributed by atoms with E-state index in [4.69, 9.17) is 20.9 Å². The Morgan fingerprint density at radius 1 is 1.26 bits per heavy atom. The maximum absolute atomic E-state index is 11.0. The van der Waals surface area contributed by atoms with Crippen LogP contribution in [-0.2, 0) is 0 Å². The molecule has 0 radical (unpaired) electrons. The molecule has 4 N–H and O–H groups in total. The predicted molar refractivity (Wildman–Crippen MR) is 91.0 cm³/mol. The number of methoxy groups -OCH3 is 1. The number of rotatable bonds is 3. The minimum Gasteiger partial charge on any atom is -0.497 e. The van der Waals surface area contributed by atoms with Gasteiger partial charge in [-0.25, -0.2) is 9.78 Å². The molecule has 0 spiro atoms. The van der Waals surface area contributed by atoms with Gasteiger partial charge in [0, 0.05) is 10.9 Å². The smallest absolute Gasteiger partial charge is 0.410 e. The van der Waals surface area contributed by atoms with E-state index in [0.29, 0.717) is 10.5 Å². The molecule has 2 heterocycles. The van der Waals surface area contributed by atoms with Gasteiger partial charge in [0.1, 0.15) is 10.6 Å². The van der Waals surface area contributed by atoms with E-state index >= 15 is 0 Å². The van der Waals surface area contributed by atoms with E-state index in [0.717, 1.165) is 28.0 Å². The SMILES string of the molecule is COc1ccc(-c2cc(C)c3c(N)c(OC(N)=O)sc3n2)cc1. The van der Waals surface area contributed by atoms with Crippen molar-refractivity contribution in [2.24, 2.45) is 5.73 Å². The average molecular weight is 329 g/mol. The third-order valence-electron chi connectivity index (χ3n) is 3.44. The number of ether oxygens (including phenoxy) is 2. The van der Waals surface area contributed by atoms with Gasteiger partial charge < -0.3 is 20.9 Å². The van der Waals surface area contributed by atoms with Crippen LogP contribution in [0.25, 0.3) is 21.5 Å². The van der Waals surface area contributed by atoms with Crippen molar-refractivity contribution in [1.29, 1.82) is 0 Å². The number of aromatic nitrogens is 1. The maximum atomic E-state index is 11.0. The van der Waals surface area contributed by atoms with Gasteiger partial charge in [-0.1, -0.05) is 11.3 Å². The molecule has 3 rings (SSSR count). The van der Waals surface area contributed by atoms with E-state index in [1.54, 1.807) is 7.11 Å². The lowest BCUT2D eigenvalue weighted by molar-refractivity contribution is 0.212. The zero-order valence-electron chi connectivity index (χ0n) is 12.6. The number of hydrogen-bond acceptors (Lipinski definition) is 6. The highest BCUT2D eigenvalue weighted by molar-refractivity contribution is 7.21. The number of benzene rings is 1. The van der Waals surface area contributed by atoms with Gasteiger partial charge in [-0.2, -0.15) is 0 Å². The first-order valence-electron chi connectivity index (χ1n) is 6.81. The summed E-state index contributed by atoms with van der Waals surface area (Å²) < 4.78 is 10.1. The van der Waals surface area contributed by atoms with E-state index in [-0.39, 0.29) is 5.06 Å². The molecule has 0 aliphatic rings. The number of anilines is 1. The average Bonchev–Trinajstić information content (AvgIpc) is 2.83. The second kappa shape index (κ2) is 5.77. The van der Waals surface area contributed by atoms with Gasteiger partial charge in [0.2, 0.25) is 5.06 Å². The number of carbonyl (C=O) groups excluding carboxylic acids is 1. The molecule has 0 aliphatic heterocycles. The van der Waals surface area contributed by atoms with Crippen LogP contribution in [0.2, 0.25) is 0 Å². The topological polar surface area (TPSA) is 100 Å². The molecule has 0 saturated heterocycles. The van der Waals surface area contributed by atoms with Crippen molar-refractivity contribution in [3.05, 3.63) is 35.9 Å². The Kier molecular flexibility index (Phi) is 3.79. The molecule has 0 aliphatic carbocycles. The maximum Gasteiger partial charge on any atom is 0.410 e. The summed E-state index contributed by atoms with van der Waals surface area (Å²) in [7, 11) is 1.62. The third-order valence-corrected chi connectivity index (χ3v) is 4.42. The molecule has 6 nitrogen and oxygen atoms in total. The summed E-state index contributed by atoms with van der Waals surface area (Å²) in [5.41, 5.74) is 14.2. The largest absolute Gasteiger partial charge is 0.497 e.